The minimum atomic E-state index is -4.10. The van der Waals surface area contributed by atoms with Gasteiger partial charge in [-0.15, -0.1) is 5.10 Å². The van der Waals surface area contributed by atoms with Gasteiger partial charge in [-0.1, -0.05) is 5.21 Å². The number of ether oxygens (including phenoxy) is 1. The first kappa shape index (κ1) is 25.9. The van der Waals surface area contributed by atoms with Crippen LogP contribution in [0, 0.1) is 11.6 Å². The van der Waals surface area contributed by atoms with Crippen LogP contribution < -0.4 is 9.64 Å². The average molecular weight is 550 g/mol. The van der Waals surface area contributed by atoms with Crippen molar-refractivity contribution in [2.45, 2.75) is 36.9 Å². The number of ketones is 1. The van der Waals surface area contributed by atoms with Crippen molar-refractivity contribution in [1.29, 1.82) is 0 Å². The Morgan fingerprint density at radius 1 is 1.11 bits per heavy atom. The van der Waals surface area contributed by atoms with E-state index >= 15 is 0 Å². The summed E-state index contributed by atoms with van der Waals surface area (Å²) in [7, 11) is -4.10. The number of carbonyl (C=O) groups excluding carboxylic acids is 2. The molecule has 0 unspecified atom stereocenters. The number of halogens is 3. The Kier molecular flexibility index (Phi) is 6.92. The van der Waals surface area contributed by atoms with E-state index in [1.165, 1.54) is 27.3 Å². The van der Waals surface area contributed by atoms with Gasteiger partial charge in [0.25, 0.3) is 5.78 Å². The van der Waals surface area contributed by atoms with Crippen LogP contribution in [-0.2, 0) is 27.9 Å². The van der Waals surface area contributed by atoms with E-state index in [0.29, 0.717) is 24.6 Å². The number of rotatable bonds is 9. The summed E-state index contributed by atoms with van der Waals surface area (Å²) < 4.78 is 74.5. The van der Waals surface area contributed by atoms with Crippen molar-refractivity contribution in [2.75, 3.05) is 24.7 Å². The summed E-state index contributed by atoms with van der Waals surface area (Å²) in [4.78, 5) is 26.3. The Bertz CT molecular complexity index is 1510. The number of nitrogens with zero attached hydrogens (tertiary/aromatic N) is 5. The Hall–Kier alpha value is -3.78. The van der Waals surface area contributed by atoms with Crippen LogP contribution in [0.5, 0.6) is 5.75 Å². The van der Waals surface area contributed by atoms with Gasteiger partial charge in [0.05, 0.1) is 40.8 Å². The summed E-state index contributed by atoms with van der Waals surface area (Å²) in [6.45, 7) is -0.743. The van der Waals surface area contributed by atoms with E-state index in [-0.39, 0.29) is 48.1 Å². The second-order valence-corrected chi connectivity index (χ2v) is 10.8. The maximum atomic E-state index is 13.9. The molecule has 38 heavy (non-hydrogen) atoms. The Labute approximate surface area is 215 Å². The van der Waals surface area contributed by atoms with Gasteiger partial charge in [-0.25, -0.2) is 21.9 Å². The molecule has 14 heteroatoms. The maximum absolute atomic E-state index is 13.9. The number of alkyl halides is 1. The fourth-order valence-electron chi connectivity index (χ4n) is 4.55. The lowest BCUT2D eigenvalue weighted by molar-refractivity contribution is -0.114. The molecule has 10 nitrogen and oxygen atoms in total. The van der Waals surface area contributed by atoms with Crippen LogP contribution in [0.2, 0.25) is 0 Å². The number of amides is 1. The first-order chi connectivity index (χ1) is 18.2. The zero-order valence-corrected chi connectivity index (χ0v) is 20.7. The minimum Gasteiger partial charge on any atom is -0.489 e. The average Bonchev–Trinajstić information content (AvgIpc) is 3.60. The van der Waals surface area contributed by atoms with Gasteiger partial charge in [-0.2, -0.15) is 4.31 Å². The molecule has 3 aromatic rings. The lowest BCUT2D eigenvalue weighted by atomic mass is 10.1. The molecule has 200 valence electrons. The highest BCUT2D eigenvalue weighted by Gasteiger charge is 2.40. The molecule has 1 amide bonds. The predicted molar refractivity (Wildman–Crippen MR) is 127 cm³/mol. The van der Waals surface area contributed by atoms with Crippen molar-refractivity contribution in [3.63, 3.8) is 0 Å². The molecule has 0 saturated carbocycles. The molecule has 2 aliphatic rings. The van der Waals surface area contributed by atoms with Crippen LogP contribution in [-0.4, -0.2) is 65.3 Å². The number of aryl methyl sites for hydroxylation is 1. The van der Waals surface area contributed by atoms with Gasteiger partial charge in [0.15, 0.2) is 11.6 Å². The number of benzene rings is 2. The van der Waals surface area contributed by atoms with Crippen molar-refractivity contribution in [3.05, 3.63) is 65.5 Å². The van der Waals surface area contributed by atoms with E-state index < -0.39 is 46.1 Å². The first-order valence-electron chi connectivity index (χ1n) is 11.7. The van der Waals surface area contributed by atoms with Gasteiger partial charge >= 0.3 is 5.91 Å². The van der Waals surface area contributed by atoms with Crippen LogP contribution in [0.25, 0.3) is 0 Å². The summed E-state index contributed by atoms with van der Waals surface area (Å²) in [6.07, 6.45) is 2.52. The van der Waals surface area contributed by atoms with Gasteiger partial charge in [0, 0.05) is 19.0 Å². The first-order valence-corrected chi connectivity index (χ1v) is 13.2. The van der Waals surface area contributed by atoms with Crippen molar-refractivity contribution in [1.82, 2.24) is 19.3 Å². The normalized spacial score (nSPS) is 17.9. The van der Waals surface area contributed by atoms with Gasteiger partial charge < -0.3 is 4.74 Å². The smallest absolute Gasteiger partial charge is 0.301 e. The SMILES string of the molecule is O=C1C(=O)N(Cn2cc(CCF)nn2)c2ccc(S(=O)(=O)N3CCC[C@H]3COc3ccc(F)cc3F)cc21. The summed E-state index contributed by atoms with van der Waals surface area (Å²) in [6, 6.07) is 6.08. The molecule has 2 aromatic carbocycles. The fourth-order valence-corrected chi connectivity index (χ4v) is 6.26. The Morgan fingerprint density at radius 3 is 2.68 bits per heavy atom. The number of anilines is 1. The van der Waals surface area contributed by atoms with Gasteiger partial charge in [-0.05, 0) is 43.2 Å². The molecule has 0 bridgehead atoms. The third-order valence-corrected chi connectivity index (χ3v) is 8.37. The quantitative estimate of drug-likeness (QED) is 0.377. The molecule has 1 saturated heterocycles. The highest BCUT2D eigenvalue weighted by molar-refractivity contribution is 7.89. The lowest BCUT2D eigenvalue weighted by Crippen LogP contribution is -2.39. The molecule has 5 rings (SSSR count). The zero-order valence-electron chi connectivity index (χ0n) is 19.9. The number of hydrogen-bond acceptors (Lipinski definition) is 7. The van der Waals surface area contributed by atoms with Crippen molar-refractivity contribution in [3.8, 4) is 5.75 Å². The van der Waals surface area contributed by atoms with E-state index in [4.69, 9.17) is 4.74 Å². The molecule has 2 aliphatic heterocycles. The van der Waals surface area contributed by atoms with E-state index in [0.717, 1.165) is 23.1 Å². The standard InChI is InChI=1S/C24H22F3N5O5S/c25-8-7-16-12-30(29-28-16)14-31-21-5-4-18(11-19(21)23(33)24(31)34)38(35,36)32-9-1-2-17(32)13-37-22-6-3-15(26)10-20(22)27/h3-6,10-12,17H,1-2,7-9,13-14H2/t17-/m0/s1. The number of hydrogen-bond donors (Lipinski definition) is 0. The molecular formula is C24H22F3N5O5S. The van der Waals surface area contributed by atoms with Crippen molar-refractivity contribution in [2.24, 2.45) is 0 Å². The molecular weight excluding hydrogens is 527 g/mol. The summed E-state index contributed by atoms with van der Waals surface area (Å²) in [5, 5.41) is 7.64. The number of carbonyl (C=O) groups is 2. The third kappa shape index (κ3) is 4.76. The summed E-state index contributed by atoms with van der Waals surface area (Å²) in [5.74, 6) is -3.57. The molecule has 1 atom stereocenters. The largest absolute Gasteiger partial charge is 0.489 e. The summed E-state index contributed by atoms with van der Waals surface area (Å²) >= 11 is 0. The van der Waals surface area contributed by atoms with Crippen LogP contribution >= 0.6 is 0 Å². The zero-order chi connectivity index (χ0) is 27.0. The Morgan fingerprint density at radius 2 is 1.92 bits per heavy atom. The number of sulfonamides is 1. The maximum Gasteiger partial charge on any atom is 0.301 e. The van der Waals surface area contributed by atoms with Gasteiger partial charge in [0.1, 0.15) is 19.1 Å². The van der Waals surface area contributed by atoms with Crippen LogP contribution in [0.15, 0.2) is 47.5 Å². The van der Waals surface area contributed by atoms with Crippen LogP contribution in [0.1, 0.15) is 28.9 Å². The highest BCUT2D eigenvalue weighted by atomic mass is 32.2. The van der Waals surface area contributed by atoms with Gasteiger partial charge in [-0.3, -0.25) is 18.9 Å². The summed E-state index contributed by atoms with van der Waals surface area (Å²) in [5.41, 5.74) is 0.536. The minimum absolute atomic E-state index is 0.0616. The van der Waals surface area contributed by atoms with Crippen molar-refractivity contribution >= 4 is 27.4 Å². The molecule has 1 aromatic heterocycles. The van der Waals surface area contributed by atoms with Crippen LogP contribution in [0.4, 0.5) is 18.9 Å². The number of Topliss-reactive ketones (excluding diaryl/α,β-unsaturated/α-hetero) is 1. The molecule has 0 aliphatic carbocycles. The van der Waals surface area contributed by atoms with E-state index in [1.807, 2.05) is 0 Å². The molecule has 1 fully saturated rings. The lowest BCUT2D eigenvalue weighted by Gasteiger charge is -2.24. The molecule has 3 heterocycles. The third-order valence-electron chi connectivity index (χ3n) is 6.42. The van der Waals surface area contributed by atoms with Crippen molar-refractivity contribution < 1.29 is 35.9 Å². The Balaban J connectivity index is 1.35. The predicted octanol–water partition coefficient (Wildman–Crippen LogP) is 2.49. The number of fused-ring (bicyclic) bond motifs is 1. The topological polar surface area (TPSA) is 115 Å². The monoisotopic (exact) mass is 549 g/mol. The van der Waals surface area contributed by atoms with E-state index in [9.17, 15) is 31.2 Å². The highest BCUT2D eigenvalue weighted by Crippen LogP contribution is 2.34. The molecule has 0 radical (unpaired) electrons. The van der Waals surface area contributed by atoms with Crippen LogP contribution in [0.3, 0.4) is 0 Å². The number of aromatic nitrogens is 3. The molecule has 0 N–H and O–H groups in total. The fraction of sp³-hybridized carbons (Fsp3) is 0.333. The second kappa shape index (κ2) is 10.2. The second-order valence-electron chi connectivity index (χ2n) is 8.87. The van der Waals surface area contributed by atoms with Gasteiger partial charge in [0.2, 0.25) is 10.0 Å². The molecule has 0 spiro atoms. The van der Waals surface area contributed by atoms with E-state index in [2.05, 4.69) is 10.3 Å². The van der Waals surface area contributed by atoms with E-state index in [1.54, 1.807) is 0 Å².